The first-order valence-electron chi connectivity index (χ1n) is 6.50. The zero-order valence-corrected chi connectivity index (χ0v) is 12.7. The minimum absolute atomic E-state index is 0.278. The molecule has 3 atom stereocenters. The van der Waals surface area contributed by atoms with Crippen LogP contribution in [0.1, 0.15) is 40.0 Å². The van der Waals surface area contributed by atoms with Gasteiger partial charge < -0.3 is 15.3 Å². The molecule has 0 fully saturated rings. The minimum atomic E-state index is -2.55. The number of hydrogen-bond donors (Lipinski definition) is 3. The molecular formula is C12H21AlO6. The third-order valence-corrected chi connectivity index (χ3v) is 8.72. The maximum absolute atomic E-state index is 11.3. The molecule has 0 spiro atoms. The second kappa shape index (κ2) is 8.18. The van der Waals surface area contributed by atoms with Crippen LogP contribution in [0.3, 0.4) is 0 Å². The summed E-state index contributed by atoms with van der Waals surface area (Å²) in [5.41, 5.74) is 0. The van der Waals surface area contributed by atoms with Crippen molar-refractivity contribution in [3.05, 3.63) is 0 Å². The summed E-state index contributed by atoms with van der Waals surface area (Å²) < 4.78 is -2.45. The fraction of sp³-hybridized carbons (Fsp3) is 0.750. The Morgan fingerprint density at radius 1 is 0.737 bits per heavy atom. The summed E-state index contributed by atoms with van der Waals surface area (Å²) >= 11 is -2.55. The molecule has 0 aromatic heterocycles. The first-order chi connectivity index (χ1) is 8.81. The van der Waals surface area contributed by atoms with Crippen LogP contribution in [0.4, 0.5) is 0 Å². The standard InChI is InChI=1S/3C4H7O2.Al/c3*1-2-3-4(5)6;/h3*3H,2H2,1H3,(H,5,6);. The van der Waals surface area contributed by atoms with Crippen LogP contribution in [0, 0.1) is 0 Å². The number of carbonyl (C=O) groups is 3. The SMILES string of the molecule is CC[CH](C(=O)O)[Al]([CH](CC)C(=O)O)[CH](CC)C(=O)O. The van der Waals surface area contributed by atoms with Gasteiger partial charge in [0.2, 0.25) is 0 Å². The third kappa shape index (κ3) is 4.52. The quantitative estimate of drug-likeness (QED) is 0.560. The zero-order chi connectivity index (χ0) is 15.2. The van der Waals surface area contributed by atoms with Crippen LogP contribution >= 0.6 is 0 Å². The molecule has 0 aliphatic heterocycles. The van der Waals surface area contributed by atoms with Gasteiger partial charge in [-0.05, 0) is 0 Å². The number of carboxylic acids is 3. The van der Waals surface area contributed by atoms with Gasteiger partial charge in [-0.15, -0.1) is 0 Å². The Kier molecular flexibility index (Phi) is 7.73. The molecule has 0 radical (unpaired) electrons. The normalized spacial score (nSPS) is 15.3. The van der Waals surface area contributed by atoms with Crippen molar-refractivity contribution in [2.24, 2.45) is 0 Å². The van der Waals surface area contributed by atoms with E-state index in [0.717, 1.165) is 0 Å². The summed E-state index contributed by atoms with van der Waals surface area (Å²) in [4.78, 5) is 33.9. The van der Waals surface area contributed by atoms with Crippen molar-refractivity contribution >= 4 is 32.1 Å². The highest BCUT2D eigenvalue weighted by Crippen LogP contribution is 2.37. The number of carboxylic acid groups (broad SMARTS) is 3. The van der Waals surface area contributed by atoms with Crippen molar-refractivity contribution in [2.75, 3.05) is 0 Å². The van der Waals surface area contributed by atoms with Gasteiger partial charge in [-0.3, -0.25) is 14.4 Å². The summed E-state index contributed by atoms with van der Waals surface area (Å²) in [5.74, 6) is -3.21. The predicted octanol–water partition coefficient (Wildman–Crippen LogP) is 2.08. The monoisotopic (exact) mass is 288 g/mol. The number of rotatable bonds is 9. The van der Waals surface area contributed by atoms with Crippen LogP contribution in [0.5, 0.6) is 0 Å². The Balaban J connectivity index is 5.62. The van der Waals surface area contributed by atoms with Crippen LogP contribution in [0.15, 0.2) is 0 Å². The highest BCUT2D eigenvalue weighted by Gasteiger charge is 2.48. The fourth-order valence-corrected chi connectivity index (χ4v) is 6.98. The van der Waals surface area contributed by atoms with Gasteiger partial charge in [0.15, 0.2) is 0 Å². The van der Waals surface area contributed by atoms with Crippen LogP contribution in [0.2, 0.25) is 14.3 Å². The van der Waals surface area contributed by atoms with Crippen LogP contribution in [-0.4, -0.2) is 47.4 Å². The zero-order valence-electron chi connectivity index (χ0n) is 11.5. The van der Waals surface area contributed by atoms with E-state index in [0.29, 0.717) is 0 Å². The second-order valence-corrected chi connectivity index (χ2v) is 8.21. The molecule has 0 aliphatic carbocycles. The molecule has 0 aromatic carbocycles. The smallest absolute Gasteiger partial charge is 0.321 e. The van der Waals surface area contributed by atoms with E-state index in [2.05, 4.69) is 0 Å². The van der Waals surface area contributed by atoms with Crippen LogP contribution in [-0.2, 0) is 14.4 Å². The Morgan fingerprint density at radius 3 is 1.05 bits per heavy atom. The largest absolute Gasteiger partial charge is 0.482 e. The van der Waals surface area contributed by atoms with Gasteiger partial charge in [-0.25, -0.2) is 0 Å². The van der Waals surface area contributed by atoms with E-state index in [-0.39, 0.29) is 19.3 Å². The Labute approximate surface area is 116 Å². The van der Waals surface area contributed by atoms with Gasteiger partial charge in [0.05, 0.1) is 0 Å². The van der Waals surface area contributed by atoms with Crippen molar-refractivity contribution < 1.29 is 29.7 Å². The topological polar surface area (TPSA) is 112 Å². The molecule has 3 N–H and O–H groups in total. The number of hydrogen-bond acceptors (Lipinski definition) is 3. The number of aliphatic carboxylic acids is 3. The predicted molar refractivity (Wildman–Crippen MR) is 70.8 cm³/mol. The minimum Gasteiger partial charge on any atom is -0.482 e. The molecule has 0 bridgehead atoms. The molecule has 0 saturated heterocycles. The molecule has 3 unspecified atom stereocenters. The molecule has 0 aromatic rings. The summed E-state index contributed by atoms with van der Waals surface area (Å²) in [6.45, 7) is 5.01. The molecule has 0 amide bonds. The van der Waals surface area contributed by atoms with E-state index in [9.17, 15) is 29.7 Å². The Hall–Kier alpha value is -1.06. The fourth-order valence-electron chi connectivity index (χ4n) is 2.68. The van der Waals surface area contributed by atoms with Crippen molar-refractivity contribution in [3.8, 4) is 0 Å². The highest BCUT2D eigenvalue weighted by atomic mass is 27.2. The lowest BCUT2D eigenvalue weighted by Gasteiger charge is -2.27. The van der Waals surface area contributed by atoms with Gasteiger partial charge in [0.1, 0.15) is 0 Å². The van der Waals surface area contributed by atoms with Gasteiger partial charge in [-0.1, -0.05) is 40.0 Å². The molecule has 0 aliphatic rings. The summed E-state index contributed by atoms with van der Waals surface area (Å²) in [7, 11) is 0. The molecule has 19 heavy (non-hydrogen) atoms. The first-order valence-corrected chi connectivity index (χ1v) is 8.50. The second-order valence-electron chi connectivity index (χ2n) is 4.64. The van der Waals surface area contributed by atoms with Gasteiger partial charge >= 0.3 is 14.1 Å². The lowest BCUT2D eigenvalue weighted by atomic mass is 10.3. The van der Waals surface area contributed by atoms with E-state index >= 15 is 0 Å². The van der Waals surface area contributed by atoms with E-state index in [1.807, 2.05) is 0 Å². The first kappa shape index (κ1) is 17.9. The van der Waals surface area contributed by atoms with Crippen molar-refractivity contribution in [1.82, 2.24) is 0 Å². The van der Waals surface area contributed by atoms with Gasteiger partial charge in [-0.2, -0.15) is 0 Å². The lowest BCUT2D eigenvalue weighted by molar-refractivity contribution is -0.137. The molecule has 7 heteroatoms. The molecule has 108 valence electrons. The van der Waals surface area contributed by atoms with Gasteiger partial charge in [0.25, 0.3) is 17.9 Å². The maximum atomic E-state index is 11.3. The molecule has 0 heterocycles. The average molecular weight is 288 g/mol. The molecular weight excluding hydrogens is 267 g/mol. The highest BCUT2D eigenvalue weighted by molar-refractivity contribution is 6.73. The van der Waals surface area contributed by atoms with E-state index in [4.69, 9.17) is 0 Å². The summed E-state index contributed by atoms with van der Waals surface area (Å²) in [6, 6.07) is 0. The van der Waals surface area contributed by atoms with E-state index < -0.39 is 46.4 Å². The maximum Gasteiger partial charge on any atom is 0.321 e. The molecule has 0 saturated carbocycles. The third-order valence-electron chi connectivity index (χ3n) is 3.66. The van der Waals surface area contributed by atoms with Crippen molar-refractivity contribution in [3.63, 3.8) is 0 Å². The van der Waals surface area contributed by atoms with Crippen LogP contribution < -0.4 is 0 Å². The Bertz CT molecular complexity index is 291. The lowest BCUT2D eigenvalue weighted by Crippen LogP contribution is -2.41. The van der Waals surface area contributed by atoms with E-state index in [1.54, 1.807) is 20.8 Å². The van der Waals surface area contributed by atoms with Crippen LogP contribution in [0.25, 0.3) is 0 Å². The summed E-state index contributed by atoms with van der Waals surface area (Å²) in [5, 5.41) is 27.7. The van der Waals surface area contributed by atoms with Gasteiger partial charge in [0, 0.05) is 14.3 Å². The van der Waals surface area contributed by atoms with E-state index in [1.165, 1.54) is 0 Å². The average Bonchev–Trinajstić information content (AvgIpc) is 2.29. The van der Waals surface area contributed by atoms with Crippen molar-refractivity contribution in [2.45, 2.75) is 54.4 Å². The Morgan fingerprint density at radius 2 is 0.947 bits per heavy atom. The molecule has 0 rings (SSSR count). The summed E-state index contributed by atoms with van der Waals surface area (Å²) in [6.07, 6.45) is 0.833. The molecule has 6 nitrogen and oxygen atoms in total. The van der Waals surface area contributed by atoms with Crippen molar-refractivity contribution in [1.29, 1.82) is 0 Å².